The van der Waals surface area contributed by atoms with Crippen LogP contribution >= 0.6 is 30.9 Å². The third kappa shape index (κ3) is 11.1. The second-order valence-corrected chi connectivity index (χ2v) is 22.9. The van der Waals surface area contributed by atoms with Crippen LogP contribution in [-0.4, -0.2) is 101 Å². The highest BCUT2D eigenvalue weighted by Gasteiger charge is 2.41. The molecule has 3 aliphatic rings. The van der Waals surface area contributed by atoms with E-state index in [1.165, 1.54) is 6.07 Å². The van der Waals surface area contributed by atoms with Crippen LogP contribution in [0.3, 0.4) is 0 Å². The number of aliphatic hydroxyl groups is 1. The molecule has 1 aromatic heterocycles. The van der Waals surface area contributed by atoms with Gasteiger partial charge in [-0.2, -0.15) is 0 Å². The number of aliphatic hydroxyl groups excluding tert-OH is 1. The average Bonchev–Trinajstić information content (AvgIpc) is 3.93. The summed E-state index contributed by atoms with van der Waals surface area (Å²) in [6, 6.07) is 38.9. The number of carbonyl (C=O) groups is 1. The van der Waals surface area contributed by atoms with Crippen LogP contribution in [0.5, 0.6) is 0 Å². The second-order valence-electron chi connectivity index (χ2n) is 19.1. The number of anilines is 3. The summed E-state index contributed by atoms with van der Waals surface area (Å²) in [6.07, 6.45) is 2.65. The molecule has 3 aliphatic heterocycles. The SMILES string of the molecule is Cc1c(C(=O)O)c(-c2cccc(N3CCN(c4ccc(N5CCO[P@]5(=O)c5ccc(C[C@H](CCN6CCC(O)CC6)CSc6ccccc6)c([N+](=O)[O-])c5)cc4)CC3)c2)c(-c2ccc(Cl)cc2)n1C(C)C. The normalized spacial score (nSPS) is 18.4. The first-order chi connectivity index (χ1) is 34.3. The van der Waals surface area contributed by atoms with Crippen LogP contribution in [0.2, 0.25) is 5.02 Å². The number of halogens is 1. The van der Waals surface area contributed by atoms with E-state index in [0.717, 1.165) is 110 Å². The quantitative estimate of drug-likeness (QED) is 0.0388. The topological polar surface area (TPSA) is 145 Å². The second kappa shape index (κ2) is 22.0. The van der Waals surface area contributed by atoms with Gasteiger partial charge < -0.3 is 34.0 Å². The van der Waals surface area contributed by atoms with Crippen LogP contribution in [0.15, 0.2) is 126 Å². The largest absolute Gasteiger partial charge is 0.478 e. The van der Waals surface area contributed by atoms with E-state index < -0.39 is 13.5 Å². The lowest BCUT2D eigenvalue weighted by Crippen LogP contribution is -2.46. The maximum atomic E-state index is 14.9. The maximum Gasteiger partial charge on any atom is 0.338 e. The summed E-state index contributed by atoms with van der Waals surface area (Å²) in [5.41, 5.74) is 7.61. The summed E-state index contributed by atoms with van der Waals surface area (Å²) in [7, 11) is -3.68. The van der Waals surface area contributed by atoms with Gasteiger partial charge in [-0.1, -0.05) is 60.1 Å². The predicted octanol–water partition coefficient (Wildman–Crippen LogP) is 11.5. The molecule has 5 aromatic carbocycles. The Morgan fingerprint density at radius 1 is 0.831 bits per heavy atom. The standard InChI is InChI=1S/C55H62ClN6O7PS/c1-38(2)61-39(3)52(55(64)65)53(54(61)41-12-15-44(56)16-13-41)43-8-7-9-47(35-43)59-30-28-58(29-31-59)45-17-19-46(20-18-45)60-32-33-69-70(60,68)49-21-14-42(51(36-49)62(66)67)34-40(37-71-50-10-5-4-6-11-50)22-25-57-26-23-48(63)24-27-57/h4-21,35-36,38,40,48,63H,22-34,37H2,1-3H3,(H,64,65)/t40-,70+/m0/s1. The molecule has 3 saturated heterocycles. The molecule has 372 valence electrons. The highest BCUT2D eigenvalue weighted by atomic mass is 35.5. The number of nitrogens with zero attached hydrogens (tertiary/aromatic N) is 6. The molecule has 0 bridgehead atoms. The molecule has 9 rings (SSSR count). The molecule has 13 nitrogen and oxygen atoms in total. The third-order valence-electron chi connectivity index (χ3n) is 14.2. The molecule has 0 unspecified atom stereocenters. The lowest BCUT2D eigenvalue weighted by Gasteiger charge is -2.37. The highest BCUT2D eigenvalue weighted by molar-refractivity contribution is 7.99. The number of likely N-dealkylation sites (tertiary alicyclic amines) is 1. The molecule has 71 heavy (non-hydrogen) atoms. The fourth-order valence-corrected chi connectivity index (χ4v) is 13.9. The first-order valence-electron chi connectivity index (χ1n) is 24.6. The Hall–Kier alpha value is -5.60. The van der Waals surface area contributed by atoms with Crippen LogP contribution < -0.4 is 19.8 Å². The van der Waals surface area contributed by atoms with Crippen molar-refractivity contribution < 1.29 is 29.0 Å². The van der Waals surface area contributed by atoms with E-state index >= 15 is 0 Å². The van der Waals surface area contributed by atoms with Crippen molar-refractivity contribution in [1.29, 1.82) is 0 Å². The van der Waals surface area contributed by atoms with Gasteiger partial charge in [-0.15, -0.1) is 11.8 Å². The molecule has 0 aliphatic carbocycles. The average molecular weight is 1020 g/mol. The summed E-state index contributed by atoms with van der Waals surface area (Å²) in [4.78, 5) is 33.5. The highest BCUT2D eigenvalue weighted by Crippen LogP contribution is 2.56. The summed E-state index contributed by atoms with van der Waals surface area (Å²) < 4.78 is 24.8. The van der Waals surface area contributed by atoms with Crippen LogP contribution in [0, 0.1) is 23.0 Å². The molecule has 0 amide bonds. The van der Waals surface area contributed by atoms with Crippen molar-refractivity contribution in [2.45, 2.75) is 63.5 Å². The van der Waals surface area contributed by atoms with Crippen LogP contribution in [0.4, 0.5) is 22.7 Å². The minimum Gasteiger partial charge on any atom is -0.478 e. The Kier molecular flexibility index (Phi) is 15.6. The zero-order chi connectivity index (χ0) is 49.8. The maximum absolute atomic E-state index is 14.9. The minimum atomic E-state index is -3.68. The van der Waals surface area contributed by atoms with Crippen LogP contribution in [0.1, 0.15) is 60.8 Å². The van der Waals surface area contributed by atoms with Crippen molar-refractivity contribution in [1.82, 2.24) is 9.47 Å². The smallest absolute Gasteiger partial charge is 0.338 e. The molecule has 6 aromatic rings. The number of aromatic carboxylic acids is 1. The summed E-state index contributed by atoms with van der Waals surface area (Å²) in [5, 5.41) is 34.3. The van der Waals surface area contributed by atoms with Gasteiger partial charge >= 0.3 is 13.5 Å². The molecule has 3 fully saturated rings. The summed E-state index contributed by atoms with van der Waals surface area (Å²) in [5.74, 6) is -0.0140. The van der Waals surface area contributed by atoms with E-state index in [4.69, 9.17) is 16.1 Å². The summed E-state index contributed by atoms with van der Waals surface area (Å²) in [6.45, 7) is 12.2. The Bertz CT molecular complexity index is 2890. The number of aromatic nitrogens is 1. The Morgan fingerprint density at radius 3 is 2.17 bits per heavy atom. The molecule has 0 spiro atoms. The van der Waals surface area contributed by atoms with Crippen molar-refractivity contribution in [3.8, 4) is 22.4 Å². The third-order valence-corrected chi connectivity index (χ3v) is 18.2. The fraction of sp³-hybridized carbons (Fsp3) is 0.364. The Balaban J connectivity index is 0.885. The minimum absolute atomic E-state index is 0.0183. The van der Waals surface area contributed by atoms with Gasteiger partial charge in [-0.3, -0.25) is 19.3 Å². The van der Waals surface area contributed by atoms with Gasteiger partial charge in [-0.05, 0) is 137 Å². The number of benzene rings is 5. The van der Waals surface area contributed by atoms with E-state index in [1.54, 1.807) is 28.6 Å². The van der Waals surface area contributed by atoms with Crippen molar-refractivity contribution >= 4 is 64.9 Å². The number of nitro benzene ring substituents is 1. The molecular weight excluding hydrogens is 955 g/mol. The number of carboxylic acids is 1. The first-order valence-corrected chi connectivity index (χ1v) is 27.5. The van der Waals surface area contributed by atoms with Gasteiger partial charge in [0.15, 0.2) is 0 Å². The number of rotatable bonds is 17. The monoisotopic (exact) mass is 1020 g/mol. The van der Waals surface area contributed by atoms with Gasteiger partial charge in [0, 0.05) is 101 Å². The number of carboxylic acid groups (broad SMARTS) is 1. The molecule has 0 radical (unpaired) electrons. The lowest BCUT2D eigenvalue weighted by molar-refractivity contribution is -0.385. The van der Waals surface area contributed by atoms with Crippen molar-refractivity contribution in [3.63, 3.8) is 0 Å². The van der Waals surface area contributed by atoms with E-state index in [0.29, 0.717) is 45.7 Å². The first kappa shape index (κ1) is 50.3. The van der Waals surface area contributed by atoms with E-state index in [2.05, 4.69) is 57.4 Å². The van der Waals surface area contributed by atoms with Crippen molar-refractivity contribution in [3.05, 3.63) is 153 Å². The number of hydrogen-bond acceptors (Lipinski definition) is 10. The number of thioether (sulfide) groups is 1. The zero-order valence-electron chi connectivity index (χ0n) is 40.5. The van der Waals surface area contributed by atoms with E-state index in [-0.39, 0.29) is 35.3 Å². The molecule has 0 saturated carbocycles. The van der Waals surface area contributed by atoms with E-state index in [9.17, 15) is 29.7 Å². The van der Waals surface area contributed by atoms with Crippen LogP contribution in [-0.2, 0) is 15.5 Å². The van der Waals surface area contributed by atoms with E-state index in [1.807, 2.05) is 85.8 Å². The van der Waals surface area contributed by atoms with Gasteiger partial charge in [0.1, 0.15) is 0 Å². The number of hydrogen-bond donors (Lipinski definition) is 2. The molecule has 16 heteroatoms. The number of piperazine rings is 1. The molecule has 2 N–H and O–H groups in total. The molecule has 4 heterocycles. The van der Waals surface area contributed by atoms with Gasteiger partial charge in [-0.25, -0.2) is 4.79 Å². The van der Waals surface area contributed by atoms with Gasteiger partial charge in [0.25, 0.3) is 5.69 Å². The molecular formula is C55H62ClN6O7PS. The Labute approximate surface area is 425 Å². The summed E-state index contributed by atoms with van der Waals surface area (Å²) >= 11 is 8.04. The van der Waals surface area contributed by atoms with Gasteiger partial charge in [0.2, 0.25) is 0 Å². The zero-order valence-corrected chi connectivity index (χ0v) is 43.0. The predicted molar refractivity (Wildman–Crippen MR) is 288 cm³/mol. The molecule has 2 atom stereocenters. The lowest BCUT2D eigenvalue weighted by atomic mass is 9.96. The van der Waals surface area contributed by atoms with Gasteiger partial charge in [0.05, 0.1) is 40.7 Å². The number of piperidine rings is 1. The van der Waals surface area contributed by atoms with Crippen molar-refractivity contribution in [2.75, 3.05) is 79.2 Å². The van der Waals surface area contributed by atoms with Crippen molar-refractivity contribution in [2.24, 2.45) is 5.92 Å². The number of nitro groups is 1. The fourth-order valence-electron chi connectivity index (χ4n) is 10.5. The van der Waals surface area contributed by atoms with Crippen LogP contribution in [0.25, 0.3) is 22.4 Å². The Morgan fingerprint density at radius 2 is 1.51 bits per heavy atom.